The number of hydrogen-bond acceptors (Lipinski definition) is 4. The first-order valence-electron chi connectivity index (χ1n) is 8.06. The molecule has 1 aliphatic heterocycles. The predicted molar refractivity (Wildman–Crippen MR) is 101 cm³/mol. The van der Waals surface area contributed by atoms with Gasteiger partial charge in [-0.3, -0.25) is 9.69 Å². The number of carbonyl (C=O) groups is 1. The maximum absolute atomic E-state index is 12.4. The summed E-state index contributed by atoms with van der Waals surface area (Å²) in [6.45, 7) is 5.16. The number of benzene rings is 2. The minimum absolute atomic E-state index is 0.0308. The van der Waals surface area contributed by atoms with Gasteiger partial charge >= 0.3 is 0 Å². The molecule has 1 aliphatic rings. The molecule has 0 fully saturated rings. The van der Waals surface area contributed by atoms with Crippen molar-refractivity contribution in [2.24, 2.45) is 0 Å². The maximum Gasteiger partial charge on any atom is 0.238 e. The van der Waals surface area contributed by atoms with Crippen LogP contribution in [0.4, 0.5) is 5.69 Å². The summed E-state index contributed by atoms with van der Waals surface area (Å²) in [6.07, 6.45) is 0. The van der Waals surface area contributed by atoms with Crippen molar-refractivity contribution < 1.29 is 14.3 Å². The number of fused-ring (bicyclic) bond motifs is 1. The van der Waals surface area contributed by atoms with E-state index in [9.17, 15) is 4.79 Å². The van der Waals surface area contributed by atoms with E-state index in [4.69, 9.17) is 9.47 Å². The molecular weight excluding hydrogens is 384 g/mol. The van der Waals surface area contributed by atoms with Crippen LogP contribution in [0.25, 0.3) is 0 Å². The van der Waals surface area contributed by atoms with E-state index in [2.05, 4.69) is 21.2 Å². The van der Waals surface area contributed by atoms with Gasteiger partial charge in [-0.25, -0.2) is 0 Å². The fraction of sp³-hybridized carbons (Fsp3) is 0.316. The van der Waals surface area contributed by atoms with E-state index >= 15 is 0 Å². The summed E-state index contributed by atoms with van der Waals surface area (Å²) in [7, 11) is 1.92. The lowest BCUT2D eigenvalue weighted by Gasteiger charge is -2.18. The first-order chi connectivity index (χ1) is 11.9. The van der Waals surface area contributed by atoms with E-state index in [0.717, 1.165) is 38.3 Å². The summed E-state index contributed by atoms with van der Waals surface area (Å²) in [5, 5.41) is 3.01. The van der Waals surface area contributed by atoms with Crippen LogP contribution in [0.15, 0.2) is 34.8 Å². The van der Waals surface area contributed by atoms with Gasteiger partial charge in [0.1, 0.15) is 0 Å². The van der Waals surface area contributed by atoms with Gasteiger partial charge in [-0.05, 0) is 49.7 Å². The van der Waals surface area contributed by atoms with Gasteiger partial charge in [0, 0.05) is 16.7 Å². The van der Waals surface area contributed by atoms with E-state index < -0.39 is 0 Å². The molecule has 0 aliphatic carbocycles. The van der Waals surface area contributed by atoms with Gasteiger partial charge in [0.15, 0.2) is 11.5 Å². The second-order valence-electron chi connectivity index (χ2n) is 6.28. The Morgan fingerprint density at radius 2 is 1.84 bits per heavy atom. The van der Waals surface area contributed by atoms with Crippen LogP contribution in [0.3, 0.4) is 0 Å². The van der Waals surface area contributed by atoms with E-state index in [1.165, 1.54) is 0 Å². The standard InChI is InChI=1S/C19H21BrN2O3/c1-12-5-4-6-13(2)19(12)21-18(23)10-22(3)9-14-7-16-17(8-15(14)20)25-11-24-16/h4-8H,9-11H2,1-3H3,(H,21,23). The molecule has 6 heteroatoms. The van der Waals surface area contributed by atoms with Crippen molar-refractivity contribution in [3.8, 4) is 11.5 Å². The minimum atomic E-state index is -0.0308. The zero-order chi connectivity index (χ0) is 18.0. The van der Waals surface area contributed by atoms with Gasteiger partial charge in [-0.2, -0.15) is 0 Å². The van der Waals surface area contributed by atoms with Gasteiger partial charge < -0.3 is 14.8 Å². The average molecular weight is 405 g/mol. The Kier molecular flexibility index (Phi) is 5.30. The minimum Gasteiger partial charge on any atom is -0.454 e. The molecule has 0 saturated heterocycles. The molecule has 1 N–H and O–H groups in total. The molecule has 0 saturated carbocycles. The van der Waals surface area contributed by atoms with Crippen LogP contribution in [0.2, 0.25) is 0 Å². The average Bonchev–Trinajstić information content (AvgIpc) is 2.98. The first kappa shape index (κ1) is 17.8. The molecule has 1 heterocycles. The topological polar surface area (TPSA) is 50.8 Å². The number of rotatable bonds is 5. The highest BCUT2D eigenvalue weighted by Crippen LogP contribution is 2.37. The smallest absolute Gasteiger partial charge is 0.238 e. The molecule has 2 aromatic carbocycles. The van der Waals surface area contributed by atoms with Crippen molar-refractivity contribution in [2.75, 3.05) is 25.7 Å². The summed E-state index contributed by atoms with van der Waals surface area (Å²) >= 11 is 3.55. The number of para-hydroxylation sites is 1. The molecule has 0 atom stereocenters. The van der Waals surface area contributed by atoms with Crippen LogP contribution in [-0.2, 0) is 11.3 Å². The zero-order valence-corrected chi connectivity index (χ0v) is 16.1. The lowest BCUT2D eigenvalue weighted by atomic mass is 10.1. The molecule has 0 unspecified atom stereocenters. The molecule has 2 aromatic rings. The van der Waals surface area contributed by atoms with Gasteiger partial charge in [0.2, 0.25) is 12.7 Å². The molecule has 25 heavy (non-hydrogen) atoms. The van der Waals surface area contributed by atoms with Crippen molar-refractivity contribution >= 4 is 27.5 Å². The van der Waals surface area contributed by atoms with E-state index in [-0.39, 0.29) is 12.7 Å². The van der Waals surface area contributed by atoms with Crippen molar-refractivity contribution in [1.29, 1.82) is 0 Å². The fourth-order valence-electron chi connectivity index (χ4n) is 2.86. The molecule has 0 aromatic heterocycles. The Labute approximate surface area is 156 Å². The van der Waals surface area contributed by atoms with Gasteiger partial charge in [-0.1, -0.05) is 34.1 Å². The summed E-state index contributed by atoms with van der Waals surface area (Å²) in [4.78, 5) is 14.3. The summed E-state index contributed by atoms with van der Waals surface area (Å²) in [5.41, 5.74) is 4.07. The molecule has 5 nitrogen and oxygen atoms in total. The Balaban J connectivity index is 1.63. The molecule has 3 rings (SSSR count). The molecular formula is C19H21BrN2O3. The van der Waals surface area contributed by atoms with E-state index in [1.54, 1.807) is 0 Å². The fourth-order valence-corrected chi connectivity index (χ4v) is 3.31. The zero-order valence-electron chi connectivity index (χ0n) is 14.6. The first-order valence-corrected chi connectivity index (χ1v) is 8.86. The van der Waals surface area contributed by atoms with Crippen molar-refractivity contribution in [2.45, 2.75) is 20.4 Å². The molecule has 1 amide bonds. The van der Waals surface area contributed by atoms with Crippen molar-refractivity contribution in [3.63, 3.8) is 0 Å². The normalized spacial score (nSPS) is 12.5. The SMILES string of the molecule is Cc1cccc(C)c1NC(=O)CN(C)Cc1cc2c(cc1Br)OCO2. The number of nitrogens with one attached hydrogen (secondary N) is 1. The number of hydrogen-bond donors (Lipinski definition) is 1. The Bertz CT molecular complexity index is 787. The molecule has 0 bridgehead atoms. The van der Waals surface area contributed by atoms with Crippen LogP contribution < -0.4 is 14.8 Å². The maximum atomic E-state index is 12.4. The van der Waals surface area contributed by atoms with Crippen LogP contribution in [0, 0.1) is 13.8 Å². The van der Waals surface area contributed by atoms with Crippen LogP contribution in [-0.4, -0.2) is 31.2 Å². The van der Waals surface area contributed by atoms with Gasteiger partial charge in [0.25, 0.3) is 0 Å². The van der Waals surface area contributed by atoms with E-state index in [1.807, 2.05) is 56.1 Å². The van der Waals surface area contributed by atoms with Gasteiger partial charge in [-0.15, -0.1) is 0 Å². The monoisotopic (exact) mass is 404 g/mol. The molecule has 0 radical (unpaired) electrons. The van der Waals surface area contributed by atoms with Crippen LogP contribution in [0.1, 0.15) is 16.7 Å². The summed E-state index contributed by atoms with van der Waals surface area (Å²) < 4.78 is 11.7. The number of halogens is 1. The number of aryl methyl sites for hydroxylation is 2. The molecule has 0 spiro atoms. The third kappa shape index (κ3) is 4.14. The Morgan fingerprint density at radius 1 is 1.20 bits per heavy atom. The summed E-state index contributed by atoms with van der Waals surface area (Å²) in [6, 6.07) is 9.84. The number of likely N-dealkylation sites (N-methyl/N-ethyl adjacent to an activating group) is 1. The number of carbonyl (C=O) groups excluding carboxylic acids is 1. The largest absolute Gasteiger partial charge is 0.454 e. The van der Waals surface area contributed by atoms with Crippen molar-refractivity contribution in [3.05, 3.63) is 51.5 Å². The second-order valence-corrected chi connectivity index (χ2v) is 7.14. The number of nitrogens with zero attached hydrogens (tertiary/aromatic N) is 1. The highest BCUT2D eigenvalue weighted by molar-refractivity contribution is 9.10. The number of ether oxygens (including phenoxy) is 2. The quantitative estimate of drug-likeness (QED) is 0.821. The Hall–Kier alpha value is -2.05. The van der Waals surface area contributed by atoms with Crippen molar-refractivity contribution in [1.82, 2.24) is 4.90 Å². The molecule has 132 valence electrons. The van der Waals surface area contributed by atoms with Gasteiger partial charge in [0.05, 0.1) is 6.54 Å². The summed E-state index contributed by atoms with van der Waals surface area (Å²) in [5.74, 6) is 1.45. The Morgan fingerprint density at radius 3 is 2.52 bits per heavy atom. The van der Waals surface area contributed by atoms with Crippen LogP contribution >= 0.6 is 15.9 Å². The lowest BCUT2D eigenvalue weighted by molar-refractivity contribution is -0.117. The third-order valence-electron chi connectivity index (χ3n) is 4.14. The van der Waals surface area contributed by atoms with E-state index in [0.29, 0.717) is 13.1 Å². The number of amides is 1. The van der Waals surface area contributed by atoms with Crippen LogP contribution in [0.5, 0.6) is 11.5 Å². The predicted octanol–water partition coefficient (Wildman–Crippen LogP) is 3.87. The second kappa shape index (κ2) is 7.45. The highest BCUT2D eigenvalue weighted by atomic mass is 79.9. The third-order valence-corrected chi connectivity index (χ3v) is 4.88. The highest BCUT2D eigenvalue weighted by Gasteiger charge is 2.18. The lowest BCUT2D eigenvalue weighted by Crippen LogP contribution is -2.30. The number of anilines is 1.